The Hall–Kier alpha value is -6.08. The molecule has 0 saturated carbocycles. The summed E-state index contributed by atoms with van der Waals surface area (Å²) in [4.78, 5) is 8.88. The molecule has 0 bridgehead atoms. The summed E-state index contributed by atoms with van der Waals surface area (Å²) in [6.07, 6.45) is 25.2. The number of carbonyl (C=O) groups excluding carboxylic acids is 1. The molecule has 3 unspecified atom stereocenters. The Bertz CT molecular complexity index is 4730. The lowest BCUT2D eigenvalue weighted by molar-refractivity contribution is -0.468. The third-order valence-corrected chi connectivity index (χ3v) is 31.0. The van der Waals surface area contributed by atoms with Crippen LogP contribution in [0.2, 0.25) is 0 Å². The van der Waals surface area contributed by atoms with Crippen LogP contribution >= 0.6 is 68.4 Å². The molecule has 2 aromatic carbocycles. The van der Waals surface area contributed by atoms with Crippen molar-refractivity contribution in [3.63, 3.8) is 0 Å². The van der Waals surface area contributed by atoms with Gasteiger partial charge < -0.3 is 109 Å². The summed E-state index contributed by atoms with van der Waals surface area (Å²) in [7, 11) is -8.54. The van der Waals surface area contributed by atoms with E-state index in [4.69, 9.17) is 94.4 Å². The summed E-state index contributed by atoms with van der Waals surface area (Å²) in [6, 6.07) is 11.6. The lowest BCUT2D eigenvalue weighted by atomic mass is 10.1. The summed E-state index contributed by atoms with van der Waals surface area (Å²) < 4.78 is 187. The molecule has 36 heteroatoms. The largest absolute Gasteiger partial charge is 0.744 e. The molecular weight excluding hydrogens is 1810 g/mol. The minimum Gasteiger partial charge on any atom is -0.744 e. The summed E-state index contributed by atoms with van der Waals surface area (Å²) in [5.41, 5.74) is 1.86. The van der Waals surface area contributed by atoms with Gasteiger partial charge in [0.2, 0.25) is 5.76 Å². The van der Waals surface area contributed by atoms with E-state index in [0.717, 1.165) is 90.9 Å². The van der Waals surface area contributed by atoms with Crippen molar-refractivity contribution in [3.8, 4) is 86.8 Å². The Labute approximate surface area is 777 Å². The highest BCUT2D eigenvalue weighted by molar-refractivity contribution is 8.10. The molecule has 0 saturated heterocycles. The van der Waals surface area contributed by atoms with Crippen molar-refractivity contribution in [2.24, 2.45) is 0 Å². The standard InChI is InChI=1S/C78H111O22S6.2C7H8O3S/c1-3-5-7-9-11-13-15-17-19-21-23-81-25-27-83-29-31-85-33-35-87-51-53(79)49-55-57-59(91-39-37-89-57)69(101-55)71-61-63(95-43-41-93-61)73(103-71)75-65-67(99-47-45-97-65)77(105-75)78-68-66(98-46-48-100-68)76(106-78)74-64-62(94-42-44-96-64)72(104-74)70-60-58(90-38-40-92-60)56(102-70)50-54(80)52-88-36-34-86-32-30-84-28-26-82-24-22-20-18-16-14-12-10-8-6-4-2;2*1-6-2-4-7(5-3-6)11(8,9)10/h53-54,71,79-80H,3-52H2,1-2H3;2*2-5H,1H3,(H,8,9,10)/q+1;;/p-2. The fourth-order valence-corrected chi connectivity index (χ4v) is 23.9. The zero-order valence-corrected chi connectivity index (χ0v) is 80.5. The zero-order valence-electron chi connectivity index (χ0n) is 74.0. The maximum Gasteiger partial charge on any atom is 0.380 e. The van der Waals surface area contributed by atoms with Crippen molar-refractivity contribution in [2.45, 2.75) is 196 Å². The minimum absolute atomic E-state index is 0.119. The van der Waals surface area contributed by atoms with Gasteiger partial charge in [0.15, 0.2) is 69.4 Å². The predicted molar refractivity (Wildman–Crippen MR) is 495 cm³/mol. The number of aryl methyl sites for hydroxylation is 2. The molecule has 0 spiro atoms. The van der Waals surface area contributed by atoms with E-state index in [0.29, 0.717) is 240 Å². The Morgan fingerprint density at radius 2 is 0.641 bits per heavy atom. The molecule has 2 N–H and O–H groups in total. The van der Waals surface area contributed by atoms with Gasteiger partial charge in [-0.1, -0.05) is 177 Å². The van der Waals surface area contributed by atoms with Crippen LogP contribution in [0, 0.1) is 13.8 Å². The first-order valence-electron chi connectivity index (χ1n) is 45.2. The molecule has 5 aromatic heterocycles. The normalized spacial score (nSPS) is 16.0. The van der Waals surface area contributed by atoms with Crippen LogP contribution in [0.1, 0.15) is 178 Å². The number of aliphatic hydroxyl groups excluding tert-OH is 2. The second kappa shape index (κ2) is 53.7. The molecule has 12 heterocycles. The number of ketones is 1. The van der Waals surface area contributed by atoms with Crippen molar-refractivity contribution >= 4 is 99.4 Å². The van der Waals surface area contributed by atoms with E-state index in [1.54, 1.807) is 70.0 Å². The van der Waals surface area contributed by atoms with Gasteiger partial charge in [0.05, 0.1) is 168 Å². The average Bonchev–Trinajstić information content (AvgIpc) is 1.56. The molecule has 0 amide bonds. The maximum absolute atomic E-state index is 11.4. The van der Waals surface area contributed by atoms with E-state index in [1.807, 2.05) is 13.8 Å². The highest BCUT2D eigenvalue weighted by Crippen LogP contribution is 2.68. The monoisotopic (exact) mass is 1930 g/mol. The van der Waals surface area contributed by atoms with Gasteiger partial charge in [0, 0.05) is 26.1 Å². The van der Waals surface area contributed by atoms with Crippen LogP contribution in [0.5, 0.6) is 57.5 Å². The number of aliphatic hydroxyl groups is 2. The Morgan fingerprint density at radius 1 is 0.352 bits per heavy atom. The zero-order chi connectivity index (χ0) is 89.7. The lowest BCUT2D eigenvalue weighted by Crippen LogP contribution is -2.21. The fraction of sp³-hybridized carbons (Fsp3) is 0.620. The van der Waals surface area contributed by atoms with Crippen LogP contribution < -0.4 is 47.4 Å². The predicted octanol–water partition coefficient (Wildman–Crippen LogP) is 17.7. The minimum atomic E-state index is -4.27. The molecule has 7 aliphatic rings. The molecule has 710 valence electrons. The molecule has 7 aromatic rings. The van der Waals surface area contributed by atoms with Crippen molar-refractivity contribution in [1.29, 1.82) is 0 Å². The third kappa shape index (κ3) is 30.0. The number of hydrogen-bond acceptors (Lipinski definition) is 33. The fourth-order valence-electron chi connectivity index (χ4n) is 14.8. The van der Waals surface area contributed by atoms with Crippen LogP contribution in [0.4, 0.5) is 0 Å². The molecule has 128 heavy (non-hydrogen) atoms. The molecule has 14 rings (SSSR count). The molecule has 7 aliphatic heterocycles. The third-order valence-electron chi connectivity index (χ3n) is 21.3. The second-order valence-electron chi connectivity index (χ2n) is 31.5. The number of rotatable bonds is 55. The van der Waals surface area contributed by atoms with Gasteiger partial charge in [-0.05, 0) is 51.0 Å². The number of fused-ring (bicyclic) bond motifs is 6. The van der Waals surface area contributed by atoms with E-state index >= 15 is 0 Å². The highest BCUT2D eigenvalue weighted by Gasteiger charge is 2.51. The molecule has 3 atom stereocenters. The van der Waals surface area contributed by atoms with Crippen LogP contribution in [0.15, 0.2) is 64.1 Å². The maximum atomic E-state index is 11.4. The first kappa shape index (κ1) is 101. The second-order valence-corrected chi connectivity index (χ2v) is 40.6. The average molecular weight is 1940 g/mol. The van der Waals surface area contributed by atoms with Crippen molar-refractivity contribution in [1.82, 2.24) is 0 Å². The number of hydrogen-bond donors (Lipinski definition) is 2. The topological polar surface area (TPSA) is 342 Å². The molecule has 0 radical (unpaired) electrons. The first-order valence-corrected chi connectivity index (χ1v) is 52.9. The van der Waals surface area contributed by atoms with Gasteiger partial charge >= 0.3 is 5.78 Å². The SMILES string of the molecule is CCCCCCCCCCCCOCCOCCOCCOCC(O)Cc1sc(-c2sc(-c3sc(-c4sc(C5=C6OCC[O+]=C6C(c6sc(CC(O)COCCOCCOCCOCCCCCCCCCCCC)c7c6OCCO7)S5)c5c4OCCO5)c4c3OCCO4)c3c2OCCO3)c2c1OCCO2.Cc1ccc(S(=O)(=O)[O-])cc1.Cc1ccc(S(=O)(=O)[O-])cc1. The van der Waals surface area contributed by atoms with Gasteiger partial charge in [-0.15, -0.1) is 56.7 Å². The lowest BCUT2D eigenvalue weighted by Gasteiger charge is -2.19. The van der Waals surface area contributed by atoms with Gasteiger partial charge in [-0.2, -0.15) is 0 Å². The van der Waals surface area contributed by atoms with E-state index < -0.39 is 32.4 Å². The summed E-state index contributed by atoms with van der Waals surface area (Å²) in [5.74, 6) is 7.48. The van der Waals surface area contributed by atoms with E-state index in [1.165, 1.54) is 163 Å². The Balaban J connectivity index is 0.000000589. The van der Waals surface area contributed by atoms with Crippen molar-refractivity contribution in [3.05, 3.63) is 84.9 Å². The molecule has 0 aliphatic carbocycles. The van der Waals surface area contributed by atoms with Crippen LogP contribution in [-0.2, 0) is 80.1 Å². The van der Waals surface area contributed by atoms with E-state index in [-0.39, 0.29) is 28.3 Å². The number of benzene rings is 2. The summed E-state index contributed by atoms with van der Waals surface area (Å²) in [6.45, 7) is 19.9. The number of unbranched alkanes of at least 4 members (excludes halogenated alkanes) is 18. The van der Waals surface area contributed by atoms with E-state index in [2.05, 4.69) is 13.8 Å². The molecule has 28 nitrogen and oxygen atoms in total. The summed E-state index contributed by atoms with van der Waals surface area (Å²) in [5, 5.41) is 22.4. The number of ether oxygens (including phenoxy) is 19. The summed E-state index contributed by atoms with van der Waals surface area (Å²) >= 11 is 9.29. The number of thioether (sulfide) groups is 1. The van der Waals surface area contributed by atoms with Crippen molar-refractivity contribution in [2.75, 3.05) is 185 Å². The number of thiophene rings is 5. The van der Waals surface area contributed by atoms with Gasteiger partial charge in [-0.25, -0.2) is 21.3 Å². The molecular formula is C92H125O28S8-. The van der Waals surface area contributed by atoms with E-state index in [9.17, 15) is 36.2 Å². The van der Waals surface area contributed by atoms with Crippen LogP contribution in [0.25, 0.3) is 34.2 Å². The quantitative estimate of drug-likeness (QED) is 0.0203. The van der Waals surface area contributed by atoms with Gasteiger partial charge in [-0.3, -0.25) is 0 Å². The Morgan fingerprint density at radius 3 is 1.01 bits per heavy atom. The highest BCUT2D eigenvalue weighted by atomic mass is 32.2. The number of allylic oxidation sites excluding steroid dienone is 1. The van der Waals surface area contributed by atoms with Crippen LogP contribution in [-0.4, -0.2) is 239 Å². The van der Waals surface area contributed by atoms with Crippen molar-refractivity contribution < 1.29 is 131 Å². The smallest absolute Gasteiger partial charge is 0.380 e. The first-order chi connectivity index (χ1) is 62.5. The van der Waals surface area contributed by atoms with Crippen LogP contribution in [0.3, 0.4) is 0 Å². The Kier molecular flexibility index (Phi) is 42.3. The van der Waals surface area contributed by atoms with Gasteiger partial charge in [0.1, 0.15) is 86.3 Å². The molecule has 0 fully saturated rings. The van der Waals surface area contributed by atoms with Gasteiger partial charge in [0.25, 0.3) is 6.61 Å².